The monoisotopic (exact) mass is 372 g/mol. The van der Waals surface area contributed by atoms with Gasteiger partial charge in [-0.15, -0.1) is 0 Å². The van der Waals surface area contributed by atoms with Gasteiger partial charge in [-0.25, -0.2) is 25.4 Å². The van der Waals surface area contributed by atoms with Crippen molar-refractivity contribution in [2.45, 2.75) is 35.7 Å². The normalized spacial score (nSPS) is 28.9. The van der Waals surface area contributed by atoms with Crippen LogP contribution in [0.3, 0.4) is 0 Å². The van der Waals surface area contributed by atoms with E-state index in [-0.39, 0.29) is 12.5 Å². The minimum atomic E-state index is -3.45. The van der Waals surface area contributed by atoms with Crippen molar-refractivity contribution in [3.8, 4) is 0 Å². The molecule has 3 atom stereocenters. The molecule has 0 bridgehead atoms. The van der Waals surface area contributed by atoms with Crippen LogP contribution in [0.25, 0.3) is 0 Å². The summed E-state index contributed by atoms with van der Waals surface area (Å²) in [7, 11) is -3.90. The Balaban J connectivity index is 1.74. The lowest BCUT2D eigenvalue weighted by molar-refractivity contribution is 0.339. The maximum Gasteiger partial charge on any atom is 0.217 e. The summed E-state index contributed by atoms with van der Waals surface area (Å²) in [5.41, 5.74) is 1.04. The van der Waals surface area contributed by atoms with Gasteiger partial charge < -0.3 is 0 Å². The van der Waals surface area contributed by atoms with E-state index < -0.39 is 30.5 Å². The number of sulfonamides is 2. The van der Waals surface area contributed by atoms with Gasteiger partial charge in [-0.3, -0.25) is 0 Å². The average Bonchev–Trinajstić information content (AvgIpc) is 3.37. The highest BCUT2D eigenvalue weighted by Gasteiger charge is 2.51. The van der Waals surface area contributed by atoms with E-state index in [0.29, 0.717) is 25.8 Å². The summed E-state index contributed by atoms with van der Waals surface area (Å²) in [5.74, 6) is 0.0297. The fourth-order valence-electron chi connectivity index (χ4n) is 3.42. The number of benzene rings is 1. The fraction of sp³-hybridized carbons (Fsp3) is 0.625. The van der Waals surface area contributed by atoms with Gasteiger partial charge in [0.05, 0.1) is 10.5 Å². The van der Waals surface area contributed by atoms with Crippen molar-refractivity contribution in [1.29, 1.82) is 0 Å². The number of hydrogen-bond acceptors (Lipinski definition) is 4. The second kappa shape index (κ2) is 6.40. The second-order valence-electron chi connectivity index (χ2n) is 6.79. The Kier molecular flexibility index (Phi) is 4.76. The van der Waals surface area contributed by atoms with Crippen LogP contribution in [-0.2, 0) is 20.0 Å². The minimum Gasteiger partial charge on any atom is -0.212 e. The van der Waals surface area contributed by atoms with Gasteiger partial charge in [0.2, 0.25) is 20.0 Å². The predicted molar refractivity (Wildman–Crippen MR) is 93.7 cm³/mol. The van der Waals surface area contributed by atoms with Crippen molar-refractivity contribution in [3.05, 3.63) is 35.9 Å². The van der Waals surface area contributed by atoms with E-state index >= 15 is 0 Å². The molecule has 8 heteroatoms. The lowest BCUT2D eigenvalue weighted by Gasteiger charge is -2.33. The highest BCUT2D eigenvalue weighted by atomic mass is 32.2. The van der Waals surface area contributed by atoms with E-state index in [1.807, 2.05) is 30.3 Å². The summed E-state index contributed by atoms with van der Waals surface area (Å²) in [5, 5.41) is -1.06. The summed E-state index contributed by atoms with van der Waals surface area (Å²) in [6.45, 7) is 0.487. The van der Waals surface area contributed by atoms with Gasteiger partial charge >= 0.3 is 0 Å². The first-order valence-corrected chi connectivity index (χ1v) is 11.2. The summed E-state index contributed by atoms with van der Waals surface area (Å²) >= 11 is 0. The molecule has 1 aliphatic heterocycles. The lowest BCUT2D eigenvalue weighted by Crippen LogP contribution is -2.49. The number of piperidine rings is 1. The summed E-state index contributed by atoms with van der Waals surface area (Å²) in [6, 6.07) is 9.65. The third-order valence-corrected chi connectivity index (χ3v) is 9.56. The molecule has 0 amide bonds. The summed E-state index contributed by atoms with van der Waals surface area (Å²) in [6.07, 6.45) is 1.72. The standard InChI is InChI=1S/C16H24N2O4S2/c1-17(2)23(19,20)14-9-6-10-18(12-14)24(21,22)16-11-15(16)13-7-4-3-5-8-13/h3-5,7-8,14-16H,6,9-12H2,1-2H3. The van der Waals surface area contributed by atoms with Crippen LogP contribution in [0, 0.1) is 0 Å². The molecule has 3 unspecified atom stereocenters. The molecule has 1 heterocycles. The van der Waals surface area contributed by atoms with Crippen LogP contribution in [-0.4, -0.2) is 63.1 Å². The van der Waals surface area contributed by atoms with Crippen molar-refractivity contribution >= 4 is 20.0 Å². The maximum absolute atomic E-state index is 12.9. The Morgan fingerprint density at radius 2 is 1.75 bits per heavy atom. The maximum atomic E-state index is 12.9. The van der Waals surface area contributed by atoms with Crippen LogP contribution in [0.5, 0.6) is 0 Å². The van der Waals surface area contributed by atoms with Crippen LogP contribution in [0.2, 0.25) is 0 Å². The third-order valence-electron chi connectivity index (χ3n) is 4.97. The highest BCUT2D eigenvalue weighted by Crippen LogP contribution is 2.47. The summed E-state index contributed by atoms with van der Waals surface area (Å²) in [4.78, 5) is 0. The van der Waals surface area contributed by atoms with E-state index in [0.717, 1.165) is 5.56 Å². The fourth-order valence-corrected chi connectivity index (χ4v) is 7.12. The van der Waals surface area contributed by atoms with Crippen molar-refractivity contribution in [1.82, 2.24) is 8.61 Å². The SMILES string of the molecule is CN(C)S(=O)(=O)C1CCCN(S(=O)(=O)C2CC2c2ccccc2)C1. The van der Waals surface area contributed by atoms with Gasteiger partial charge in [0.1, 0.15) is 0 Å². The highest BCUT2D eigenvalue weighted by molar-refractivity contribution is 7.90. The quantitative estimate of drug-likeness (QED) is 0.779. The Hall–Kier alpha value is -0.960. The molecule has 0 aromatic heterocycles. The van der Waals surface area contributed by atoms with Crippen molar-refractivity contribution < 1.29 is 16.8 Å². The largest absolute Gasteiger partial charge is 0.217 e. The molecule has 1 aliphatic carbocycles. The molecule has 1 saturated carbocycles. The van der Waals surface area contributed by atoms with E-state index in [1.54, 1.807) is 0 Å². The molecule has 134 valence electrons. The molecule has 1 aromatic rings. The van der Waals surface area contributed by atoms with Gasteiger partial charge in [0, 0.05) is 33.1 Å². The first-order chi connectivity index (χ1) is 11.2. The van der Waals surface area contributed by atoms with E-state index in [4.69, 9.17) is 0 Å². The van der Waals surface area contributed by atoms with Gasteiger partial charge in [-0.05, 0) is 24.8 Å². The van der Waals surface area contributed by atoms with E-state index in [2.05, 4.69) is 0 Å². The van der Waals surface area contributed by atoms with Crippen LogP contribution in [0.15, 0.2) is 30.3 Å². The molecule has 6 nitrogen and oxygen atoms in total. The number of nitrogens with zero attached hydrogens (tertiary/aromatic N) is 2. The Morgan fingerprint density at radius 3 is 2.38 bits per heavy atom. The Labute approximate surface area is 144 Å². The third kappa shape index (κ3) is 3.24. The number of rotatable bonds is 5. The average molecular weight is 373 g/mol. The molecule has 1 aromatic carbocycles. The molecule has 0 N–H and O–H groups in total. The van der Waals surface area contributed by atoms with Gasteiger partial charge in [-0.1, -0.05) is 30.3 Å². The van der Waals surface area contributed by atoms with Crippen molar-refractivity contribution in [2.75, 3.05) is 27.2 Å². The molecular weight excluding hydrogens is 348 g/mol. The first kappa shape index (κ1) is 17.8. The zero-order chi connectivity index (χ0) is 17.5. The minimum absolute atomic E-state index is 0.0297. The topological polar surface area (TPSA) is 74.8 Å². The predicted octanol–water partition coefficient (Wildman–Crippen LogP) is 1.23. The van der Waals surface area contributed by atoms with Crippen molar-refractivity contribution in [3.63, 3.8) is 0 Å². The molecule has 1 saturated heterocycles. The van der Waals surface area contributed by atoms with E-state index in [1.165, 1.54) is 22.7 Å². The Morgan fingerprint density at radius 1 is 1.08 bits per heavy atom. The molecular formula is C16H24N2O4S2. The molecule has 2 fully saturated rings. The van der Waals surface area contributed by atoms with Crippen LogP contribution in [0.4, 0.5) is 0 Å². The van der Waals surface area contributed by atoms with Crippen LogP contribution >= 0.6 is 0 Å². The van der Waals surface area contributed by atoms with Gasteiger partial charge in [-0.2, -0.15) is 0 Å². The van der Waals surface area contributed by atoms with E-state index in [9.17, 15) is 16.8 Å². The second-order valence-corrected chi connectivity index (χ2v) is 11.4. The van der Waals surface area contributed by atoms with Gasteiger partial charge in [0.25, 0.3) is 0 Å². The first-order valence-electron chi connectivity index (χ1n) is 8.20. The molecule has 3 rings (SSSR count). The Bertz CT molecular complexity index is 791. The molecule has 2 aliphatic rings. The zero-order valence-corrected chi connectivity index (χ0v) is 15.6. The number of hydrogen-bond donors (Lipinski definition) is 0. The lowest BCUT2D eigenvalue weighted by atomic mass is 10.1. The van der Waals surface area contributed by atoms with Crippen LogP contribution < -0.4 is 0 Å². The molecule has 0 radical (unpaired) electrons. The smallest absolute Gasteiger partial charge is 0.212 e. The molecule has 24 heavy (non-hydrogen) atoms. The van der Waals surface area contributed by atoms with Gasteiger partial charge in [0.15, 0.2) is 0 Å². The van der Waals surface area contributed by atoms with Crippen LogP contribution in [0.1, 0.15) is 30.7 Å². The summed E-state index contributed by atoms with van der Waals surface area (Å²) < 4.78 is 53.0. The van der Waals surface area contributed by atoms with Crippen molar-refractivity contribution in [2.24, 2.45) is 0 Å². The molecule has 0 spiro atoms. The zero-order valence-electron chi connectivity index (χ0n) is 14.0.